The van der Waals surface area contributed by atoms with E-state index < -0.39 is 0 Å². The first-order valence-electron chi connectivity index (χ1n) is 6.93. The molecule has 0 amide bonds. The van der Waals surface area contributed by atoms with Crippen LogP contribution in [0.5, 0.6) is 12.0 Å². The second kappa shape index (κ2) is 5.55. The number of benzene rings is 1. The van der Waals surface area contributed by atoms with Gasteiger partial charge < -0.3 is 14.4 Å². The number of methoxy groups -OCH3 is 2. The molecule has 0 saturated heterocycles. The number of para-hydroxylation sites is 1. The first kappa shape index (κ1) is 13.6. The molecule has 0 radical (unpaired) electrons. The van der Waals surface area contributed by atoms with Gasteiger partial charge >= 0.3 is 12.0 Å². The maximum atomic E-state index is 5.14. The summed E-state index contributed by atoms with van der Waals surface area (Å²) < 4.78 is 10.3. The van der Waals surface area contributed by atoms with Crippen LogP contribution in [0.3, 0.4) is 0 Å². The highest BCUT2D eigenvalue weighted by Crippen LogP contribution is 2.35. The van der Waals surface area contributed by atoms with Crippen molar-refractivity contribution in [1.29, 1.82) is 0 Å². The Morgan fingerprint density at radius 2 is 1.76 bits per heavy atom. The van der Waals surface area contributed by atoms with Gasteiger partial charge in [0.25, 0.3) is 0 Å². The van der Waals surface area contributed by atoms with Crippen LogP contribution >= 0.6 is 0 Å². The van der Waals surface area contributed by atoms with Gasteiger partial charge in [0.05, 0.1) is 14.2 Å². The average molecular weight is 286 g/mol. The predicted molar refractivity (Wildman–Crippen MR) is 79.4 cm³/mol. The molecule has 21 heavy (non-hydrogen) atoms. The molecule has 2 aromatic rings. The summed E-state index contributed by atoms with van der Waals surface area (Å²) in [4.78, 5) is 14.9. The molecule has 6 heteroatoms. The van der Waals surface area contributed by atoms with Crippen LogP contribution in [0.25, 0.3) is 0 Å². The molecule has 110 valence electrons. The van der Waals surface area contributed by atoms with E-state index in [1.54, 1.807) is 0 Å². The molecule has 0 aliphatic carbocycles. The van der Waals surface area contributed by atoms with E-state index >= 15 is 0 Å². The number of nitrogens with zero attached hydrogens (tertiary/aromatic N) is 4. The Morgan fingerprint density at radius 3 is 2.43 bits per heavy atom. The van der Waals surface area contributed by atoms with Gasteiger partial charge in [0.2, 0.25) is 5.95 Å². The van der Waals surface area contributed by atoms with Crippen molar-refractivity contribution in [3.8, 4) is 12.0 Å². The zero-order chi connectivity index (χ0) is 14.8. The molecule has 1 aromatic carbocycles. The van der Waals surface area contributed by atoms with Crippen molar-refractivity contribution < 1.29 is 9.47 Å². The van der Waals surface area contributed by atoms with E-state index in [4.69, 9.17) is 9.47 Å². The van der Waals surface area contributed by atoms with Gasteiger partial charge in [0.1, 0.15) is 0 Å². The van der Waals surface area contributed by atoms with Crippen molar-refractivity contribution in [2.45, 2.75) is 19.8 Å². The molecule has 1 aliphatic rings. The lowest BCUT2D eigenvalue weighted by Gasteiger charge is -2.31. The number of fused-ring (bicyclic) bond motifs is 1. The van der Waals surface area contributed by atoms with Gasteiger partial charge in [0, 0.05) is 12.2 Å². The lowest BCUT2D eigenvalue weighted by Crippen LogP contribution is -2.27. The lowest BCUT2D eigenvalue weighted by atomic mass is 9.98. The quantitative estimate of drug-likeness (QED) is 0.862. The first-order chi connectivity index (χ1) is 10.2. The lowest BCUT2D eigenvalue weighted by molar-refractivity contribution is 0.340. The van der Waals surface area contributed by atoms with E-state index in [2.05, 4.69) is 45.0 Å². The second-order valence-corrected chi connectivity index (χ2v) is 4.95. The molecule has 0 fully saturated rings. The zero-order valence-electron chi connectivity index (χ0n) is 12.5. The third kappa shape index (κ3) is 2.49. The molecule has 0 bridgehead atoms. The molecule has 2 heterocycles. The summed E-state index contributed by atoms with van der Waals surface area (Å²) in [5, 5.41) is 0. The average Bonchev–Trinajstić information content (AvgIpc) is 2.54. The Hall–Kier alpha value is -2.37. The van der Waals surface area contributed by atoms with E-state index in [9.17, 15) is 0 Å². The number of hydrogen-bond donors (Lipinski definition) is 0. The molecular formula is C15H18N4O2. The van der Waals surface area contributed by atoms with Crippen LogP contribution in [0.1, 0.15) is 17.5 Å². The third-order valence-electron chi connectivity index (χ3n) is 3.61. The number of anilines is 2. The Kier molecular flexibility index (Phi) is 3.60. The van der Waals surface area contributed by atoms with Gasteiger partial charge in [-0.1, -0.05) is 18.2 Å². The monoisotopic (exact) mass is 286 g/mol. The van der Waals surface area contributed by atoms with E-state index in [1.165, 1.54) is 31.0 Å². The van der Waals surface area contributed by atoms with Crippen molar-refractivity contribution in [2.24, 2.45) is 0 Å². The molecule has 3 rings (SSSR count). The minimum absolute atomic E-state index is 0.262. The molecule has 1 aliphatic heterocycles. The van der Waals surface area contributed by atoms with Crippen molar-refractivity contribution >= 4 is 11.6 Å². The Balaban J connectivity index is 2.10. The van der Waals surface area contributed by atoms with E-state index in [0.717, 1.165) is 19.4 Å². The fourth-order valence-electron chi connectivity index (χ4n) is 2.68. The standard InChI is InChI=1S/C15H18N4O2/c1-10-6-4-7-11-8-5-9-19(12(10)11)13-16-14(20-2)18-15(17-13)21-3/h4,6-7H,5,8-9H2,1-3H3. The van der Waals surface area contributed by atoms with Crippen molar-refractivity contribution in [3.05, 3.63) is 29.3 Å². The van der Waals surface area contributed by atoms with E-state index in [0.29, 0.717) is 5.95 Å². The maximum Gasteiger partial charge on any atom is 0.324 e. The number of aromatic nitrogens is 3. The SMILES string of the molecule is COc1nc(OC)nc(N2CCCc3cccc(C)c32)n1. The van der Waals surface area contributed by atoms with Crippen LogP contribution in [-0.2, 0) is 6.42 Å². The van der Waals surface area contributed by atoms with Gasteiger partial charge in [-0.25, -0.2) is 0 Å². The van der Waals surface area contributed by atoms with Gasteiger partial charge in [-0.05, 0) is 30.9 Å². The van der Waals surface area contributed by atoms with Crippen molar-refractivity contribution in [2.75, 3.05) is 25.7 Å². The first-order valence-corrected chi connectivity index (χ1v) is 6.93. The largest absolute Gasteiger partial charge is 0.467 e. The summed E-state index contributed by atoms with van der Waals surface area (Å²) >= 11 is 0. The normalized spacial score (nSPS) is 13.8. The highest BCUT2D eigenvalue weighted by molar-refractivity contribution is 5.67. The molecule has 6 nitrogen and oxygen atoms in total. The molecule has 1 aromatic heterocycles. The molecular weight excluding hydrogens is 268 g/mol. The summed E-state index contributed by atoms with van der Waals surface area (Å²) in [5.74, 6) is 0.564. The van der Waals surface area contributed by atoms with Gasteiger partial charge in [-0.15, -0.1) is 4.98 Å². The van der Waals surface area contributed by atoms with Gasteiger partial charge in [-0.2, -0.15) is 9.97 Å². The Morgan fingerprint density at radius 1 is 1.05 bits per heavy atom. The fourth-order valence-corrected chi connectivity index (χ4v) is 2.68. The van der Waals surface area contributed by atoms with Crippen molar-refractivity contribution in [1.82, 2.24) is 15.0 Å². The molecule has 0 saturated carbocycles. The fraction of sp³-hybridized carbons (Fsp3) is 0.400. The molecule has 0 N–H and O–H groups in total. The van der Waals surface area contributed by atoms with Crippen LogP contribution in [0, 0.1) is 6.92 Å². The number of aryl methyl sites for hydroxylation is 2. The summed E-state index contributed by atoms with van der Waals surface area (Å²) in [6.45, 7) is 2.97. The molecule has 0 spiro atoms. The number of ether oxygens (including phenoxy) is 2. The van der Waals surface area contributed by atoms with Crippen molar-refractivity contribution in [3.63, 3.8) is 0 Å². The van der Waals surface area contributed by atoms with Crippen LogP contribution in [0.2, 0.25) is 0 Å². The van der Waals surface area contributed by atoms with Crippen LogP contribution in [0.15, 0.2) is 18.2 Å². The number of rotatable bonds is 3. The number of hydrogen-bond acceptors (Lipinski definition) is 6. The van der Waals surface area contributed by atoms with Crippen LogP contribution < -0.4 is 14.4 Å². The van der Waals surface area contributed by atoms with Gasteiger partial charge in [-0.3, -0.25) is 0 Å². The summed E-state index contributed by atoms with van der Waals surface area (Å²) in [7, 11) is 3.07. The topological polar surface area (TPSA) is 60.4 Å². The zero-order valence-corrected chi connectivity index (χ0v) is 12.5. The molecule has 0 atom stereocenters. The highest BCUT2D eigenvalue weighted by Gasteiger charge is 2.23. The maximum absolute atomic E-state index is 5.14. The van der Waals surface area contributed by atoms with E-state index in [-0.39, 0.29) is 12.0 Å². The Labute approximate surface area is 123 Å². The Bertz CT molecular complexity index is 638. The minimum atomic E-state index is 0.262. The third-order valence-corrected chi connectivity index (χ3v) is 3.61. The van der Waals surface area contributed by atoms with E-state index in [1.807, 2.05) is 0 Å². The highest BCUT2D eigenvalue weighted by atomic mass is 16.5. The van der Waals surface area contributed by atoms with Crippen LogP contribution in [0.4, 0.5) is 11.6 Å². The summed E-state index contributed by atoms with van der Waals surface area (Å²) in [5.41, 5.74) is 3.71. The van der Waals surface area contributed by atoms with Crippen LogP contribution in [-0.4, -0.2) is 35.7 Å². The predicted octanol–water partition coefficient (Wildman–Crippen LogP) is 2.28. The summed E-state index contributed by atoms with van der Waals surface area (Å²) in [6.07, 6.45) is 2.14. The smallest absolute Gasteiger partial charge is 0.324 e. The molecule has 0 unspecified atom stereocenters. The second-order valence-electron chi connectivity index (χ2n) is 4.95. The summed E-state index contributed by atoms with van der Waals surface area (Å²) in [6, 6.07) is 6.87. The van der Waals surface area contributed by atoms with Gasteiger partial charge in [0.15, 0.2) is 0 Å². The minimum Gasteiger partial charge on any atom is -0.467 e.